The Morgan fingerprint density at radius 2 is 0.606 bits per heavy atom. The van der Waals surface area contributed by atoms with E-state index in [0.29, 0.717) is 0 Å². The summed E-state index contributed by atoms with van der Waals surface area (Å²) in [4.78, 5) is 2.30. The van der Waals surface area contributed by atoms with Gasteiger partial charge in [-0.05, 0) is 141 Å². The minimum absolute atomic E-state index is 0.830. The molecular formula is C64H41NO. The van der Waals surface area contributed by atoms with Crippen LogP contribution in [0.2, 0.25) is 0 Å². The van der Waals surface area contributed by atoms with Crippen molar-refractivity contribution in [1.82, 2.24) is 0 Å². The Morgan fingerprint density at radius 3 is 1.17 bits per heavy atom. The van der Waals surface area contributed by atoms with Crippen molar-refractivity contribution in [2.75, 3.05) is 4.90 Å². The second-order valence-corrected chi connectivity index (χ2v) is 17.1. The van der Waals surface area contributed by atoms with E-state index >= 15 is 0 Å². The highest BCUT2D eigenvalue weighted by atomic mass is 16.5. The molecule has 2 nitrogen and oxygen atoms in total. The molecule has 0 fully saturated rings. The van der Waals surface area contributed by atoms with Gasteiger partial charge < -0.3 is 9.64 Å². The minimum Gasteiger partial charge on any atom is -0.453 e. The Hall–Kier alpha value is -8.72. The molecule has 12 aromatic rings. The van der Waals surface area contributed by atoms with Crippen molar-refractivity contribution in [2.45, 2.75) is 0 Å². The summed E-state index contributed by atoms with van der Waals surface area (Å²) in [6, 6.07) is 90.1. The molecule has 0 atom stereocenters. The summed E-state index contributed by atoms with van der Waals surface area (Å²) in [7, 11) is 0. The van der Waals surface area contributed by atoms with Crippen molar-refractivity contribution in [3.8, 4) is 67.1 Å². The van der Waals surface area contributed by atoms with E-state index in [0.717, 1.165) is 34.1 Å². The average molecular weight is 840 g/mol. The number of para-hydroxylation sites is 3. The van der Waals surface area contributed by atoms with Crippen LogP contribution in [-0.4, -0.2) is 0 Å². The lowest BCUT2D eigenvalue weighted by molar-refractivity contribution is 0.477. The molecule has 0 spiro atoms. The van der Waals surface area contributed by atoms with Crippen molar-refractivity contribution in [1.29, 1.82) is 0 Å². The van der Waals surface area contributed by atoms with Gasteiger partial charge in [0.05, 0.1) is 11.4 Å². The summed E-state index contributed by atoms with van der Waals surface area (Å²) in [5.41, 5.74) is 15.2. The summed E-state index contributed by atoms with van der Waals surface area (Å²) in [6.45, 7) is 0. The summed E-state index contributed by atoms with van der Waals surface area (Å²) < 4.78 is 6.72. The summed E-state index contributed by atoms with van der Waals surface area (Å²) in [6.07, 6.45) is 0. The van der Waals surface area contributed by atoms with Gasteiger partial charge in [0.15, 0.2) is 11.5 Å². The van der Waals surface area contributed by atoms with E-state index < -0.39 is 0 Å². The van der Waals surface area contributed by atoms with Crippen LogP contribution in [0.3, 0.4) is 0 Å². The van der Waals surface area contributed by atoms with Crippen LogP contribution in [0.1, 0.15) is 0 Å². The summed E-state index contributed by atoms with van der Waals surface area (Å²) in [5, 5.41) is 9.81. The Bertz CT molecular complexity index is 3760. The highest BCUT2D eigenvalue weighted by molar-refractivity contribution is 6.23. The molecule has 1 aliphatic heterocycles. The fraction of sp³-hybridized carbons (Fsp3) is 0. The Morgan fingerprint density at radius 1 is 0.227 bits per heavy atom. The van der Waals surface area contributed by atoms with Gasteiger partial charge in [0.2, 0.25) is 0 Å². The molecule has 13 rings (SSSR count). The molecule has 0 saturated carbocycles. The molecule has 0 bridgehead atoms. The number of nitrogens with zero attached hydrogens (tertiary/aromatic N) is 1. The maximum absolute atomic E-state index is 6.72. The maximum Gasteiger partial charge on any atom is 0.152 e. The van der Waals surface area contributed by atoms with Gasteiger partial charge in [-0.2, -0.15) is 0 Å². The summed E-state index contributed by atoms with van der Waals surface area (Å²) in [5.74, 6) is 1.67. The topological polar surface area (TPSA) is 12.5 Å². The third-order valence-corrected chi connectivity index (χ3v) is 13.4. The highest BCUT2D eigenvalue weighted by Gasteiger charge is 2.27. The van der Waals surface area contributed by atoms with Crippen molar-refractivity contribution in [3.05, 3.63) is 249 Å². The summed E-state index contributed by atoms with van der Waals surface area (Å²) >= 11 is 0. The second kappa shape index (κ2) is 15.5. The predicted molar refractivity (Wildman–Crippen MR) is 278 cm³/mol. The van der Waals surface area contributed by atoms with Crippen LogP contribution < -0.4 is 9.64 Å². The van der Waals surface area contributed by atoms with Crippen LogP contribution in [0.5, 0.6) is 11.5 Å². The van der Waals surface area contributed by atoms with Gasteiger partial charge in [-0.1, -0.05) is 206 Å². The molecule has 0 amide bonds. The van der Waals surface area contributed by atoms with Gasteiger partial charge in [-0.15, -0.1) is 0 Å². The van der Waals surface area contributed by atoms with Crippen LogP contribution in [0.15, 0.2) is 249 Å². The molecule has 0 unspecified atom stereocenters. The van der Waals surface area contributed by atoms with E-state index in [-0.39, 0.29) is 0 Å². The van der Waals surface area contributed by atoms with Crippen molar-refractivity contribution >= 4 is 60.2 Å². The molecule has 0 aliphatic carbocycles. The van der Waals surface area contributed by atoms with E-state index in [1.807, 2.05) is 6.07 Å². The smallest absolute Gasteiger partial charge is 0.152 e. The number of ether oxygens (including phenoxy) is 1. The van der Waals surface area contributed by atoms with E-state index in [1.54, 1.807) is 0 Å². The number of anilines is 3. The second-order valence-electron chi connectivity index (χ2n) is 17.1. The number of hydrogen-bond donors (Lipinski definition) is 0. The fourth-order valence-corrected chi connectivity index (χ4v) is 10.5. The van der Waals surface area contributed by atoms with Crippen LogP contribution in [0, 0.1) is 0 Å². The zero-order valence-electron chi connectivity index (χ0n) is 36.0. The Kier molecular flexibility index (Phi) is 8.89. The van der Waals surface area contributed by atoms with Crippen LogP contribution in [-0.2, 0) is 0 Å². The van der Waals surface area contributed by atoms with Crippen LogP contribution >= 0.6 is 0 Å². The molecule has 12 aromatic carbocycles. The van der Waals surface area contributed by atoms with Gasteiger partial charge in [-0.3, -0.25) is 0 Å². The molecule has 0 saturated heterocycles. The van der Waals surface area contributed by atoms with Crippen LogP contribution in [0.4, 0.5) is 17.1 Å². The van der Waals surface area contributed by atoms with E-state index in [2.05, 4.69) is 248 Å². The first-order chi connectivity index (χ1) is 32.8. The lowest BCUT2D eigenvalue weighted by Crippen LogP contribution is -2.15. The van der Waals surface area contributed by atoms with Crippen LogP contribution in [0.25, 0.3) is 98.7 Å². The Labute approximate surface area is 383 Å². The molecule has 66 heavy (non-hydrogen) atoms. The largest absolute Gasteiger partial charge is 0.453 e. The first-order valence-electron chi connectivity index (χ1n) is 22.7. The predicted octanol–water partition coefficient (Wildman–Crippen LogP) is 18.2. The molecule has 1 aliphatic rings. The van der Waals surface area contributed by atoms with Gasteiger partial charge >= 0.3 is 0 Å². The van der Waals surface area contributed by atoms with Gasteiger partial charge in [-0.25, -0.2) is 0 Å². The molecule has 0 aromatic heterocycles. The zero-order chi connectivity index (χ0) is 43.6. The monoisotopic (exact) mass is 839 g/mol. The lowest BCUT2D eigenvalue weighted by Gasteiger charge is -2.33. The fourth-order valence-electron chi connectivity index (χ4n) is 10.5. The normalized spacial score (nSPS) is 12.0. The van der Waals surface area contributed by atoms with Crippen molar-refractivity contribution in [2.24, 2.45) is 0 Å². The lowest BCUT2D eigenvalue weighted by atomic mass is 9.83. The van der Waals surface area contributed by atoms with E-state index in [4.69, 9.17) is 4.74 Å². The van der Waals surface area contributed by atoms with Crippen molar-refractivity contribution < 1.29 is 4.74 Å². The minimum atomic E-state index is 0.830. The van der Waals surface area contributed by atoms with Gasteiger partial charge in [0.1, 0.15) is 0 Å². The number of rotatable bonds is 6. The SMILES string of the molecule is c1ccc(-c2ccc3c(-c4ccc(-c5c6ccccc6c(-c6ccc7c(c6)Oc6ccccc6N7c6ccccc6)c6ccccc56)cc4)c4ccccc4c(-c4ccccc4)c3c2)cc1. The maximum atomic E-state index is 6.72. The van der Waals surface area contributed by atoms with E-state index in [9.17, 15) is 0 Å². The molecule has 308 valence electrons. The third kappa shape index (κ3) is 6.11. The molecule has 0 N–H and O–H groups in total. The highest BCUT2D eigenvalue weighted by Crippen LogP contribution is 2.53. The number of benzene rings is 12. The molecule has 1 heterocycles. The molecule has 2 heteroatoms. The van der Waals surface area contributed by atoms with Gasteiger partial charge in [0, 0.05) is 5.69 Å². The Balaban J connectivity index is 0.975. The quantitative estimate of drug-likeness (QED) is 0.155. The number of hydrogen-bond acceptors (Lipinski definition) is 2. The molecule has 0 radical (unpaired) electrons. The molecular weight excluding hydrogens is 799 g/mol. The van der Waals surface area contributed by atoms with Crippen molar-refractivity contribution in [3.63, 3.8) is 0 Å². The zero-order valence-corrected chi connectivity index (χ0v) is 36.0. The average Bonchev–Trinajstić information content (AvgIpc) is 3.39. The standard InChI is InChI=1S/C64H41NO/c1-4-18-42(19-5-1)46-36-38-55-56(40-46)63(43-20-6-2-7-21-43)52-27-13-10-24-49(52)62(55)45-34-32-44(33-35-45)61-50-25-11-14-28-53(50)64(54-29-15-12-26-51(54)61)47-37-39-58-60(41-47)66-59-31-17-16-30-57(59)65(58)48-22-8-3-9-23-48/h1-41H. The number of fused-ring (bicyclic) bond motifs is 6. The van der Waals surface area contributed by atoms with Gasteiger partial charge in [0.25, 0.3) is 0 Å². The van der Waals surface area contributed by atoms with E-state index in [1.165, 1.54) is 93.2 Å². The first-order valence-corrected chi connectivity index (χ1v) is 22.7. The first kappa shape index (κ1) is 37.8. The third-order valence-electron chi connectivity index (χ3n) is 13.4.